The SMILES string of the molecule is CCOC(=O)c1ccc(NC(=O)Cn2c3ccccc3n3c(=O)cc(-c4ccc(C)cc4)nc23)cc1. The molecule has 0 aliphatic rings. The summed E-state index contributed by atoms with van der Waals surface area (Å²) in [4.78, 5) is 42.8. The first-order chi connectivity index (χ1) is 17.4. The first-order valence-corrected chi connectivity index (χ1v) is 11.6. The minimum absolute atomic E-state index is 0.0551. The van der Waals surface area contributed by atoms with Crippen LogP contribution in [0.3, 0.4) is 0 Å². The van der Waals surface area contributed by atoms with E-state index in [1.165, 1.54) is 10.5 Å². The number of carbonyl (C=O) groups excluding carboxylic acids is 2. The van der Waals surface area contributed by atoms with Crippen LogP contribution in [0.5, 0.6) is 0 Å². The van der Waals surface area contributed by atoms with Crippen LogP contribution < -0.4 is 10.9 Å². The second kappa shape index (κ2) is 9.50. The third-order valence-electron chi connectivity index (χ3n) is 5.88. The van der Waals surface area contributed by atoms with Crippen molar-refractivity contribution in [3.8, 4) is 11.3 Å². The number of anilines is 1. The largest absolute Gasteiger partial charge is 0.462 e. The van der Waals surface area contributed by atoms with Gasteiger partial charge >= 0.3 is 5.97 Å². The summed E-state index contributed by atoms with van der Waals surface area (Å²) in [6, 6.07) is 23.2. The molecule has 0 spiro atoms. The lowest BCUT2D eigenvalue weighted by Gasteiger charge is -2.09. The highest BCUT2D eigenvalue weighted by Crippen LogP contribution is 2.22. The van der Waals surface area contributed by atoms with E-state index >= 15 is 0 Å². The monoisotopic (exact) mass is 480 g/mol. The van der Waals surface area contributed by atoms with Gasteiger partial charge in [-0.05, 0) is 50.2 Å². The standard InChI is InChI=1S/C28H24N4O4/c1-3-36-27(35)20-12-14-21(15-13-20)29-25(33)17-31-23-6-4-5-7-24(23)32-26(34)16-22(30-28(31)32)19-10-8-18(2)9-11-19/h4-16H,3,17H2,1-2H3,(H,29,33). The average molecular weight is 481 g/mol. The van der Waals surface area contributed by atoms with Gasteiger partial charge < -0.3 is 14.6 Å². The quantitative estimate of drug-likeness (QED) is 0.363. The van der Waals surface area contributed by atoms with E-state index in [1.54, 1.807) is 35.8 Å². The molecule has 36 heavy (non-hydrogen) atoms. The minimum Gasteiger partial charge on any atom is -0.462 e. The van der Waals surface area contributed by atoms with Crippen LogP contribution in [0.15, 0.2) is 83.7 Å². The normalized spacial score (nSPS) is 11.1. The van der Waals surface area contributed by atoms with E-state index in [4.69, 9.17) is 9.72 Å². The van der Waals surface area contributed by atoms with Crippen molar-refractivity contribution in [3.63, 3.8) is 0 Å². The highest BCUT2D eigenvalue weighted by molar-refractivity contribution is 5.94. The number of para-hydroxylation sites is 2. The summed E-state index contributed by atoms with van der Waals surface area (Å²) in [6.45, 7) is 3.98. The van der Waals surface area contributed by atoms with Crippen molar-refractivity contribution in [2.75, 3.05) is 11.9 Å². The van der Waals surface area contributed by atoms with Crippen LogP contribution in [0.2, 0.25) is 0 Å². The van der Waals surface area contributed by atoms with Gasteiger partial charge in [-0.1, -0.05) is 42.0 Å². The molecule has 0 aliphatic carbocycles. The molecule has 0 bridgehead atoms. The van der Waals surface area contributed by atoms with Gasteiger partial charge in [-0.15, -0.1) is 0 Å². The number of amides is 1. The summed E-state index contributed by atoms with van der Waals surface area (Å²) >= 11 is 0. The van der Waals surface area contributed by atoms with Gasteiger partial charge in [0.05, 0.1) is 28.9 Å². The highest BCUT2D eigenvalue weighted by atomic mass is 16.5. The summed E-state index contributed by atoms with van der Waals surface area (Å²) in [5, 5.41) is 2.85. The molecule has 3 aromatic carbocycles. The van der Waals surface area contributed by atoms with E-state index in [0.717, 1.165) is 16.6 Å². The maximum absolute atomic E-state index is 13.1. The Morgan fingerprint density at radius 3 is 2.33 bits per heavy atom. The molecule has 5 rings (SSSR count). The van der Waals surface area contributed by atoms with Crippen LogP contribution in [0.4, 0.5) is 5.69 Å². The number of carbonyl (C=O) groups is 2. The van der Waals surface area contributed by atoms with Crippen LogP contribution in [-0.2, 0) is 16.1 Å². The fraction of sp³-hybridized carbons (Fsp3) is 0.143. The molecular weight excluding hydrogens is 456 g/mol. The van der Waals surface area contributed by atoms with Gasteiger partial charge in [-0.3, -0.25) is 9.59 Å². The average Bonchev–Trinajstić information content (AvgIpc) is 3.19. The van der Waals surface area contributed by atoms with E-state index in [1.807, 2.05) is 55.5 Å². The number of esters is 1. The van der Waals surface area contributed by atoms with E-state index in [2.05, 4.69) is 5.32 Å². The predicted octanol–water partition coefficient (Wildman–Crippen LogP) is 4.44. The lowest BCUT2D eigenvalue weighted by molar-refractivity contribution is -0.116. The molecule has 0 unspecified atom stereocenters. The molecule has 8 heteroatoms. The zero-order chi connectivity index (χ0) is 25.2. The molecule has 5 aromatic rings. The van der Waals surface area contributed by atoms with Crippen LogP contribution in [-0.4, -0.2) is 32.4 Å². The summed E-state index contributed by atoms with van der Waals surface area (Å²) in [5.74, 6) is -0.328. The molecular formula is C28H24N4O4. The van der Waals surface area contributed by atoms with Crippen molar-refractivity contribution >= 4 is 34.4 Å². The summed E-state index contributed by atoms with van der Waals surface area (Å²) < 4.78 is 8.25. The van der Waals surface area contributed by atoms with Crippen molar-refractivity contribution < 1.29 is 14.3 Å². The number of hydrogen-bond acceptors (Lipinski definition) is 5. The van der Waals surface area contributed by atoms with E-state index < -0.39 is 5.97 Å². The lowest BCUT2D eigenvalue weighted by atomic mass is 10.1. The van der Waals surface area contributed by atoms with Crippen molar-refractivity contribution in [2.45, 2.75) is 20.4 Å². The molecule has 0 saturated carbocycles. The molecule has 0 aliphatic heterocycles. The molecule has 8 nitrogen and oxygen atoms in total. The maximum Gasteiger partial charge on any atom is 0.338 e. The van der Waals surface area contributed by atoms with Gasteiger partial charge in [-0.2, -0.15) is 0 Å². The fourth-order valence-corrected chi connectivity index (χ4v) is 4.14. The first-order valence-electron chi connectivity index (χ1n) is 11.6. The van der Waals surface area contributed by atoms with E-state index in [-0.39, 0.29) is 18.0 Å². The van der Waals surface area contributed by atoms with E-state index in [9.17, 15) is 14.4 Å². The van der Waals surface area contributed by atoms with Crippen LogP contribution in [0.1, 0.15) is 22.8 Å². The third kappa shape index (κ3) is 4.36. The number of aromatic nitrogens is 3. The van der Waals surface area contributed by atoms with Crippen molar-refractivity contribution in [1.29, 1.82) is 0 Å². The van der Waals surface area contributed by atoms with Gasteiger partial charge in [0.1, 0.15) is 6.54 Å². The number of nitrogens with zero attached hydrogens (tertiary/aromatic N) is 3. The first kappa shape index (κ1) is 23.0. The van der Waals surface area contributed by atoms with Gasteiger partial charge in [0, 0.05) is 17.3 Å². The molecule has 0 saturated heterocycles. The Balaban J connectivity index is 1.50. The number of aryl methyl sites for hydroxylation is 1. The predicted molar refractivity (Wildman–Crippen MR) is 138 cm³/mol. The van der Waals surface area contributed by atoms with Crippen molar-refractivity contribution in [2.24, 2.45) is 0 Å². The highest BCUT2D eigenvalue weighted by Gasteiger charge is 2.17. The van der Waals surface area contributed by atoms with Crippen molar-refractivity contribution in [3.05, 3.63) is 100 Å². The second-order valence-electron chi connectivity index (χ2n) is 8.40. The molecule has 2 aromatic heterocycles. The molecule has 0 fully saturated rings. The van der Waals surface area contributed by atoms with Crippen molar-refractivity contribution in [1.82, 2.24) is 14.0 Å². The minimum atomic E-state index is -0.415. The smallest absolute Gasteiger partial charge is 0.338 e. The number of hydrogen-bond donors (Lipinski definition) is 1. The summed E-state index contributed by atoms with van der Waals surface area (Å²) in [7, 11) is 0. The lowest BCUT2D eigenvalue weighted by Crippen LogP contribution is -2.20. The topological polar surface area (TPSA) is 94.7 Å². The Morgan fingerprint density at radius 2 is 1.64 bits per heavy atom. The molecule has 180 valence electrons. The number of imidazole rings is 1. The summed E-state index contributed by atoms with van der Waals surface area (Å²) in [5.41, 5.74) is 4.59. The number of benzene rings is 3. The second-order valence-corrected chi connectivity index (χ2v) is 8.40. The maximum atomic E-state index is 13.1. The van der Waals surface area contributed by atoms with Crippen LogP contribution in [0, 0.1) is 6.92 Å². The molecule has 1 amide bonds. The van der Waals surface area contributed by atoms with E-state index in [0.29, 0.717) is 34.8 Å². The Labute approximate surface area is 206 Å². The zero-order valence-corrected chi connectivity index (χ0v) is 19.9. The Bertz CT molecular complexity index is 1650. The van der Waals surface area contributed by atoms with Gasteiger partial charge in [-0.25, -0.2) is 14.2 Å². The van der Waals surface area contributed by atoms with Gasteiger partial charge in [0.25, 0.3) is 5.56 Å². The number of rotatable bonds is 6. The number of ether oxygens (including phenoxy) is 1. The van der Waals surface area contributed by atoms with Gasteiger partial charge in [0.2, 0.25) is 11.7 Å². The molecule has 2 heterocycles. The number of nitrogens with one attached hydrogen (secondary N) is 1. The third-order valence-corrected chi connectivity index (χ3v) is 5.88. The molecule has 1 N–H and O–H groups in total. The van der Waals surface area contributed by atoms with Crippen LogP contribution in [0.25, 0.3) is 28.1 Å². The molecule has 0 radical (unpaired) electrons. The fourth-order valence-electron chi connectivity index (χ4n) is 4.14. The molecule has 0 atom stereocenters. The van der Waals surface area contributed by atoms with Crippen LogP contribution >= 0.6 is 0 Å². The van der Waals surface area contributed by atoms with Gasteiger partial charge in [0.15, 0.2) is 0 Å². The Hall–Kier alpha value is -4.72. The zero-order valence-electron chi connectivity index (χ0n) is 19.9. The number of fused-ring (bicyclic) bond motifs is 3. The summed E-state index contributed by atoms with van der Waals surface area (Å²) in [6.07, 6.45) is 0. The Morgan fingerprint density at radius 1 is 0.944 bits per heavy atom. The Kier molecular flexibility index (Phi) is 6.08.